The highest BCUT2D eigenvalue weighted by atomic mass is 79.9. The molecule has 114 valence electrons. The van der Waals surface area contributed by atoms with Crippen LogP contribution in [0.25, 0.3) is 0 Å². The Morgan fingerprint density at radius 3 is 2.48 bits per heavy atom. The highest BCUT2D eigenvalue weighted by Gasteiger charge is 2.19. The van der Waals surface area contributed by atoms with Crippen LogP contribution in [0.4, 0.5) is 0 Å². The molecule has 1 heterocycles. The molecular weight excluding hydrogens is 417 g/mol. The van der Waals surface area contributed by atoms with Gasteiger partial charge in [-0.3, -0.25) is 0 Å². The molecule has 0 aliphatic rings. The predicted octanol–water partition coefficient (Wildman–Crippen LogP) is 4.78. The highest BCUT2D eigenvalue weighted by molar-refractivity contribution is 9.11. The van der Waals surface area contributed by atoms with Crippen LogP contribution >= 0.6 is 50.5 Å². The Morgan fingerprint density at radius 2 is 1.90 bits per heavy atom. The van der Waals surface area contributed by atoms with Gasteiger partial charge in [0.25, 0.3) is 0 Å². The fourth-order valence-electron chi connectivity index (χ4n) is 1.70. The van der Waals surface area contributed by atoms with Gasteiger partial charge in [-0.2, -0.15) is 4.31 Å². The molecular formula is C13H12BrCl2NO2S2. The first-order valence-corrected chi connectivity index (χ1v) is 9.87. The van der Waals surface area contributed by atoms with Crippen LogP contribution in [0.15, 0.2) is 34.1 Å². The van der Waals surface area contributed by atoms with Gasteiger partial charge in [0.2, 0.25) is 10.0 Å². The van der Waals surface area contributed by atoms with Crippen LogP contribution in [0, 0.1) is 0 Å². The molecule has 0 aliphatic heterocycles. The van der Waals surface area contributed by atoms with Crippen LogP contribution in [0.3, 0.4) is 0 Å². The minimum absolute atomic E-state index is 0.104. The zero-order valence-electron chi connectivity index (χ0n) is 11.0. The van der Waals surface area contributed by atoms with Gasteiger partial charge in [-0.15, -0.1) is 11.3 Å². The summed E-state index contributed by atoms with van der Waals surface area (Å²) in [4.78, 5) is 0.974. The van der Waals surface area contributed by atoms with Gasteiger partial charge in [-0.25, -0.2) is 8.42 Å². The van der Waals surface area contributed by atoms with Gasteiger partial charge < -0.3 is 0 Å². The zero-order chi connectivity index (χ0) is 15.6. The van der Waals surface area contributed by atoms with Crippen molar-refractivity contribution in [3.05, 3.63) is 54.6 Å². The SMILES string of the molecule is CN(Cc1ccc(Br)s1)S(=O)(=O)Cc1ccc(Cl)c(Cl)c1. The lowest BCUT2D eigenvalue weighted by Crippen LogP contribution is -2.27. The van der Waals surface area contributed by atoms with E-state index in [1.165, 1.54) is 15.6 Å². The average Bonchev–Trinajstić information content (AvgIpc) is 2.79. The van der Waals surface area contributed by atoms with Gasteiger partial charge in [-0.05, 0) is 45.8 Å². The Labute approximate surface area is 146 Å². The van der Waals surface area contributed by atoms with Crippen molar-refractivity contribution in [1.29, 1.82) is 0 Å². The lowest BCUT2D eigenvalue weighted by atomic mass is 10.2. The summed E-state index contributed by atoms with van der Waals surface area (Å²) in [6.45, 7) is 0.347. The minimum atomic E-state index is -3.41. The maximum atomic E-state index is 12.4. The summed E-state index contributed by atoms with van der Waals surface area (Å²) < 4.78 is 27.0. The van der Waals surface area contributed by atoms with Crippen molar-refractivity contribution >= 4 is 60.5 Å². The van der Waals surface area contributed by atoms with Crippen LogP contribution in [-0.2, 0) is 22.3 Å². The molecule has 2 aromatic rings. The molecule has 0 N–H and O–H groups in total. The number of rotatable bonds is 5. The standard InChI is InChI=1S/C13H12BrCl2NO2S2/c1-17(7-10-3-5-13(14)20-10)21(18,19)8-9-2-4-11(15)12(16)6-9/h2-6H,7-8H2,1H3. The number of hydrogen-bond donors (Lipinski definition) is 0. The van der Waals surface area contributed by atoms with Gasteiger partial charge in [0.1, 0.15) is 0 Å². The van der Waals surface area contributed by atoms with E-state index in [2.05, 4.69) is 15.9 Å². The minimum Gasteiger partial charge on any atom is -0.212 e. The van der Waals surface area contributed by atoms with Crippen molar-refractivity contribution < 1.29 is 8.42 Å². The van der Waals surface area contributed by atoms with E-state index >= 15 is 0 Å². The highest BCUT2D eigenvalue weighted by Crippen LogP contribution is 2.26. The van der Waals surface area contributed by atoms with Gasteiger partial charge in [0.05, 0.1) is 19.6 Å². The number of thiophene rings is 1. The number of benzene rings is 1. The van der Waals surface area contributed by atoms with Crippen molar-refractivity contribution in [3.63, 3.8) is 0 Å². The van der Waals surface area contributed by atoms with E-state index in [-0.39, 0.29) is 5.75 Å². The summed E-state index contributed by atoms with van der Waals surface area (Å²) in [5, 5.41) is 0.767. The van der Waals surface area contributed by atoms with E-state index in [1.807, 2.05) is 12.1 Å². The number of halogens is 3. The maximum Gasteiger partial charge on any atom is 0.218 e. The van der Waals surface area contributed by atoms with E-state index in [9.17, 15) is 8.42 Å². The van der Waals surface area contributed by atoms with Crippen molar-refractivity contribution in [2.24, 2.45) is 0 Å². The third kappa shape index (κ3) is 4.68. The third-order valence-electron chi connectivity index (χ3n) is 2.82. The van der Waals surface area contributed by atoms with E-state index in [1.54, 1.807) is 25.2 Å². The summed E-state index contributed by atoms with van der Waals surface area (Å²) in [7, 11) is -1.84. The zero-order valence-corrected chi connectivity index (χ0v) is 15.7. The number of nitrogens with zero attached hydrogens (tertiary/aromatic N) is 1. The molecule has 0 amide bonds. The molecule has 0 bridgehead atoms. The van der Waals surface area contributed by atoms with Crippen molar-refractivity contribution in [2.45, 2.75) is 12.3 Å². The van der Waals surface area contributed by atoms with Crippen LogP contribution in [0.1, 0.15) is 10.4 Å². The molecule has 3 nitrogen and oxygen atoms in total. The third-order valence-corrected chi connectivity index (χ3v) is 6.94. The van der Waals surface area contributed by atoms with Crippen LogP contribution in [0.2, 0.25) is 10.0 Å². The summed E-state index contributed by atoms with van der Waals surface area (Å²) >= 11 is 16.6. The van der Waals surface area contributed by atoms with E-state index in [0.29, 0.717) is 22.2 Å². The Morgan fingerprint density at radius 1 is 1.19 bits per heavy atom. The molecule has 2 rings (SSSR count). The molecule has 0 unspecified atom stereocenters. The lowest BCUT2D eigenvalue weighted by Gasteiger charge is -2.16. The fourth-order valence-corrected chi connectivity index (χ4v) is 4.80. The molecule has 1 aromatic heterocycles. The molecule has 0 aliphatic carbocycles. The second kappa shape index (κ2) is 6.98. The molecule has 0 saturated carbocycles. The predicted molar refractivity (Wildman–Crippen MR) is 92.6 cm³/mol. The first-order valence-electron chi connectivity index (χ1n) is 5.90. The van der Waals surface area contributed by atoms with E-state index < -0.39 is 10.0 Å². The first-order chi connectivity index (χ1) is 9.78. The quantitative estimate of drug-likeness (QED) is 0.687. The van der Waals surface area contributed by atoms with Gasteiger partial charge >= 0.3 is 0 Å². The first kappa shape index (κ1) is 17.2. The largest absolute Gasteiger partial charge is 0.218 e. The molecule has 1 aromatic carbocycles. The van der Waals surface area contributed by atoms with Crippen molar-refractivity contribution in [2.75, 3.05) is 7.05 Å². The summed E-state index contributed by atoms with van der Waals surface area (Å²) in [6, 6.07) is 8.66. The van der Waals surface area contributed by atoms with Crippen LogP contribution < -0.4 is 0 Å². The van der Waals surface area contributed by atoms with Gasteiger partial charge in [0.15, 0.2) is 0 Å². The molecule has 0 atom stereocenters. The lowest BCUT2D eigenvalue weighted by molar-refractivity contribution is 0.469. The second-order valence-electron chi connectivity index (χ2n) is 4.47. The van der Waals surface area contributed by atoms with E-state index in [0.717, 1.165) is 8.66 Å². The summed E-state index contributed by atoms with van der Waals surface area (Å²) in [5.74, 6) is -0.104. The van der Waals surface area contributed by atoms with Crippen molar-refractivity contribution in [1.82, 2.24) is 4.31 Å². The van der Waals surface area contributed by atoms with Crippen LogP contribution in [-0.4, -0.2) is 19.8 Å². The Hall–Kier alpha value is -0.110. The summed E-state index contributed by atoms with van der Waals surface area (Å²) in [6.07, 6.45) is 0. The topological polar surface area (TPSA) is 37.4 Å². The van der Waals surface area contributed by atoms with Gasteiger partial charge in [-0.1, -0.05) is 29.3 Å². The van der Waals surface area contributed by atoms with Crippen LogP contribution in [0.5, 0.6) is 0 Å². The molecule has 0 saturated heterocycles. The fraction of sp³-hybridized carbons (Fsp3) is 0.231. The molecule has 8 heteroatoms. The normalized spacial score (nSPS) is 12.0. The Balaban J connectivity index is 2.11. The second-order valence-corrected chi connectivity index (χ2v) is 9.90. The summed E-state index contributed by atoms with van der Waals surface area (Å²) in [5.41, 5.74) is 0.614. The average molecular weight is 429 g/mol. The molecule has 0 radical (unpaired) electrons. The smallest absolute Gasteiger partial charge is 0.212 e. The molecule has 0 spiro atoms. The van der Waals surface area contributed by atoms with E-state index in [4.69, 9.17) is 23.2 Å². The Kier molecular flexibility index (Phi) is 5.73. The number of hydrogen-bond acceptors (Lipinski definition) is 3. The number of sulfonamides is 1. The maximum absolute atomic E-state index is 12.4. The molecule has 0 fully saturated rings. The van der Waals surface area contributed by atoms with Crippen molar-refractivity contribution in [3.8, 4) is 0 Å². The monoisotopic (exact) mass is 427 g/mol. The molecule has 21 heavy (non-hydrogen) atoms. The Bertz CT molecular complexity index is 746. The van der Waals surface area contributed by atoms with Gasteiger partial charge in [0, 0.05) is 18.5 Å².